The number of guanidine groups is 1. The Morgan fingerprint density at radius 1 is 1.40 bits per heavy atom. The molecule has 2 heterocycles. The van der Waals surface area contributed by atoms with Crippen LogP contribution in [0.2, 0.25) is 0 Å². The molecule has 2 atom stereocenters. The lowest BCUT2D eigenvalue weighted by molar-refractivity contribution is -0.108. The first-order valence-corrected chi connectivity index (χ1v) is 8.88. The van der Waals surface area contributed by atoms with Crippen LogP contribution in [0.1, 0.15) is 25.8 Å². The van der Waals surface area contributed by atoms with Gasteiger partial charge in [0.2, 0.25) is 5.96 Å². The molecule has 1 aromatic carbocycles. The van der Waals surface area contributed by atoms with Gasteiger partial charge in [-0.05, 0) is 37.0 Å². The standard InChI is InChI=1S/C19H18BrN3O2/c1-4-14-12-23-17(20)16(21-18(23)22-19(14,2)25-3)15(24)11-10-13-8-6-5-7-9-13/h5-9,12,17H,4H2,1-3H3. The zero-order valence-corrected chi connectivity index (χ0v) is 15.9. The lowest BCUT2D eigenvalue weighted by Gasteiger charge is -2.33. The maximum absolute atomic E-state index is 12.5. The van der Waals surface area contributed by atoms with Gasteiger partial charge in [0.05, 0.1) is 0 Å². The van der Waals surface area contributed by atoms with E-state index in [1.807, 2.05) is 55.3 Å². The highest BCUT2D eigenvalue weighted by Crippen LogP contribution is 2.34. The summed E-state index contributed by atoms with van der Waals surface area (Å²) in [5.74, 6) is 5.65. The smallest absolute Gasteiger partial charge is 0.253 e. The van der Waals surface area contributed by atoms with Crippen molar-refractivity contribution in [2.75, 3.05) is 7.11 Å². The molecule has 0 bridgehead atoms. The van der Waals surface area contributed by atoms with Gasteiger partial charge in [-0.2, -0.15) is 0 Å². The van der Waals surface area contributed by atoms with E-state index >= 15 is 0 Å². The van der Waals surface area contributed by atoms with Gasteiger partial charge in [-0.25, -0.2) is 9.98 Å². The Kier molecular flexibility index (Phi) is 4.89. The first-order valence-electron chi connectivity index (χ1n) is 7.97. The molecule has 5 nitrogen and oxygen atoms in total. The second-order valence-corrected chi connectivity index (χ2v) is 6.66. The van der Waals surface area contributed by atoms with Gasteiger partial charge in [-0.1, -0.05) is 47.0 Å². The van der Waals surface area contributed by atoms with Gasteiger partial charge >= 0.3 is 0 Å². The summed E-state index contributed by atoms with van der Waals surface area (Å²) in [4.78, 5) is 22.9. The van der Waals surface area contributed by atoms with Crippen LogP contribution in [0.5, 0.6) is 0 Å². The number of hydrogen-bond donors (Lipinski definition) is 0. The molecule has 0 amide bonds. The van der Waals surface area contributed by atoms with Crippen molar-refractivity contribution in [1.82, 2.24) is 4.90 Å². The molecule has 0 radical (unpaired) electrons. The van der Waals surface area contributed by atoms with E-state index in [1.54, 1.807) is 7.11 Å². The van der Waals surface area contributed by atoms with E-state index in [9.17, 15) is 4.79 Å². The van der Waals surface area contributed by atoms with Crippen molar-refractivity contribution >= 4 is 33.4 Å². The average Bonchev–Trinajstić information content (AvgIpc) is 2.95. The lowest BCUT2D eigenvalue weighted by atomic mass is 10.0. The number of benzene rings is 1. The molecular weight excluding hydrogens is 382 g/mol. The van der Waals surface area contributed by atoms with Crippen molar-refractivity contribution in [3.63, 3.8) is 0 Å². The SMILES string of the molecule is CCC1=CN2C(=NC1(C)OC)N=C(C(=O)C#Cc1ccccc1)C2Br. The number of methoxy groups -OCH3 is 1. The third kappa shape index (κ3) is 3.30. The van der Waals surface area contributed by atoms with Crippen LogP contribution in [0.3, 0.4) is 0 Å². The quantitative estimate of drug-likeness (QED) is 0.445. The van der Waals surface area contributed by atoms with Gasteiger partial charge in [-0.15, -0.1) is 0 Å². The van der Waals surface area contributed by atoms with E-state index < -0.39 is 5.72 Å². The maximum Gasteiger partial charge on any atom is 0.253 e. The predicted molar refractivity (Wildman–Crippen MR) is 102 cm³/mol. The van der Waals surface area contributed by atoms with Crippen LogP contribution < -0.4 is 0 Å². The third-order valence-electron chi connectivity index (χ3n) is 4.23. The van der Waals surface area contributed by atoms with E-state index in [2.05, 4.69) is 37.8 Å². The highest BCUT2D eigenvalue weighted by Gasteiger charge is 2.41. The minimum absolute atomic E-state index is 0.326. The van der Waals surface area contributed by atoms with Crippen LogP contribution in [0.15, 0.2) is 52.1 Å². The molecule has 3 rings (SSSR count). The molecule has 2 aliphatic rings. The fourth-order valence-electron chi connectivity index (χ4n) is 2.68. The van der Waals surface area contributed by atoms with Gasteiger partial charge in [0.25, 0.3) is 5.78 Å². The van der Waals surface area contributed by atoms with Crippen molar-refractivity contribution < 1.29 is 9.53 Å². The Morgan fingerprint density at radius 2 is 2.12 bits per heavy atom. The molecule has 0 saturated carbocycles. The summed E-state index contributed by atoms with van der Waals surface area (Å²) in [6.45, 7) is 3.93. The molecule has 128 valence electrons. The monoisotopic (exact) mass is 399 g/mol. The second kappa shape index (κ2) is 6.95. The zero-order valence-electron chi connectivity index (χ0n) is 14.3. The molecule has 1 aromatic rings. The normalized spacial score (nSPS) is 24.6. The van der Waals surface area contributed by atoms with E-state index in [1.165, 1.54) is 0 Å². The van der Waals surface area contributed by atoms with Crippen LogP contribution >= 0.6 is 15.9 Å². The summed E-state index contributed by atoms with van der Waals surface area (Å²) >= 11 is 3.53. The molecule has 0 aromatic heterocycles. The number of Topliss-reactive ketones (excluding diaryl/α,β-unsaturated/α-hetero) is 1. The molecule has 0 spiro atoms. The topological polar surface area (TPSA) is 54.3 Å². The second-order valence-electron chi connectivity index (χ2n) is 5.79. The summed E-state index contributed by atoms with van der Waals surface area (Å²) in [6.07, 6.45) is 2.73. The Hall–Kier alpha value is -2.23. The number of carbonyl (C=O) groups is 1. The van der Waals surface area contributed by atoms with Gasteiger partial charge in [-0.3, -0.25) is 9.69 Å². The molecule has 0 aliphatic carbocycles. The summed E-state index contributed by atoms with van der Waals surface area (Å²) in [5, 5.41) is 0. The van der Waals surface area contributed by atoms with Crippen LogP contribution in [-0.4, -0.2) is 40.1 Å². The highest BCUT2D eigenvalue weighted by molar-refractivity contribution is 9.10. The predicted octanol–water partition coefficient (Wildman–Crippen LogP) is 3.11. The molecule has 0 N–H and O–H groups in total. The number of carbonyl (C=O) groups excluding carboxylic acids is 1. The van der Waals surface area contributed by atoms with Gasteiger partial charge in [0.1, 0.15) is 10.7 Å². The molecule has 0 fully saturated rings. The number of hydrogen-bond acceptors (Lipinski definition) is 5. The Morgan fingerprint density at radius 3 is 2.76 bits per heavy atom. The Balaban J connectivity index is 1.89. The van der Waals surface area contributed by atoms with Crippen LogP contribution in [-0.2, 0) is 9.53 Å². The summed E-state index contributed by atoms with van der Waals surface area (Å²) in [7, 11) is 1.62. The largest absolute Gasteiger partial charge is 0.353 e. The number of nitrogens with zero attached hydrogens (tertiary/aromatic N) is 3. The summed E-state index contributed by atoms with van der Waals surface area (Å²) in [6, 6.07) is 9.38. The fourth-order valence-corrected chi connectivity index (χ4v) is 3.29. The minimum Gasteiger partial charge on any atom is -0.353 e. The van der Waals surface area contributed by atoms with Crippen molar-refractivity contribution in [2.24, 2.45) is 9.98 Å². The number of halogens is 1. The van der Waals surface area contributed by atoms with Gasteiger partial charge < -0.3 is 4.74 Å². The first-order chi connectivity index (χ1) is 12.0. The third-order valence-corrected chi connectivity index (χ3v) is 5.11. The van der Waals surface area contributed by atoms with Crippen molar-refractivity contribution in [3.8, 4) is 11.8 Å². The number of alkyl halides is 1. The molecule has 2 unspecified atom stereocenters. The number of aliphatic imine (C=N–C) groups is 2. The van der Waals surface area contributed by atoms with E-state index in [-0.39, 0.29) is 10.7 Å². The highest BCUT2D eigenvalue weighted by atomic mass is 79.9. The molecule has 6 heteroatoms. The molecule has 0 saturated heterocycles. The minimum atomic E-state index is -0.759. The maximum atomic E-state index is 12.5. The fraction of sp³-hybridized carbons (Fsp3) is 0.316. The average molecular weight is 400 g/mol. The van der Waals surface area contributed by atoms with Crippen molar-refractivity contribution in [1.29, 1.82) is 0 Å². The number of fused-ring (bicyclic) bond motifs is 1. The number of ether oxygens (including phenoxy) is 1. The van der Waals surface area contributed by atoms with Crippen LogP contribution in [0.4, 0.5) is 0 Å². The Bertz CT molecular complexity index is 848. The summed E-state index contributed by atoms with van der Waals surface area (Å²) < 4.78 is 5.55. The van der Waals surface area contributed by atoms with Gasteiger partial charge in [0.15, 0.2) is 5.72 Å². The summed E-state index contributed by atoms with van der Waals surface area (Å²) in [5.41, 5.74) is 1.37. The molecule has 25 heavy (non-hydrogen) atoms. The van der Waals surface area contributed by atoms with E-state index in [0.717, 1.165) is 17.6 Å². The van der Waals surface area contributed by atoms with Crippen molar-refractivity contribution in [3.05, 3.63) is 47.7 Å². The first kappa shape index (κ1) is 17.6. The Labute approximate surface area is 155 Å². The number of rotatable bonds is 3. The van der Waals surface area contributed by atoms with Crippen LogP contribution in [0.25, 0.3) is 0 Å². The van der Waals surface area contributed by atoms with Crippen molar-refractivity contribution in [2.45, 2.75) is 30.9 Å². The number of ketones is 1. The van der Waals surface area contributed by atoms with Gasteiger partial charge in [0, 0.05) is 18.9 Å². The van der Waals surface area contributed by atoms with E-state index in [0.29, 0.717) is 11.7 Å². The zero-order chi connectivity index (χ0) is 18.0. The molecule has 2 aliphatic heterocycles. The van der Waals surface area contributed by atoms with Crippen LogP contribution in [0, 0.1) is 11.8 Å². The molecular formula is C19H18BrN3O2. The lowest BCUT2D eigenvalue weighted by Crippen LogP contribution is -2.40. The van der Waals surface area contributed by atoms with E-state index in [4.69, 9.17) is 4.74 Å².